The molecule has 1 rings (SSSR count). The Morgan fingerprint density at radius 2 is 1.86 bits per heavy atom. The second-order valence-corrected chi connectivity index (χ2v) is 1.85. The first-order valence-electron chi connectivity index (χ1n) is 2.56. The summed E-state index contributed by atoms with van der Waals surface area (Å²) in [6.07, 6.45) is 0. The highest BCUT2D eigenvalue weighted by Gasteiger charge is 2.04. The molecule has 1 aliphatic heterocycles. The summed E-state index contributed by atoms with van der Waals surface area (Å²) in [5, 5.41) is 6.20. The molecule has 0 aliphatic carbocycles. The van der Waals surface area contributed by atoms with Crippen molar-refractivity contribution in [3.8, 4) is 0 Å². The average molecular weight is 101 g/mol. The fraction of sp³-hybridized carbons (Fsp3) is 1.00. The molecule has 0 aromatic rings. The summed E-state index contributed by atoms with van der Waals surface area (Å²) in [6.45, 7) is 2.81. The Labute approximate surface area is 43.3 Å². The van der Waals surface area contributed by atoms with E-state index in [9.17, 15) is 0 Å². The quantitative estimate of drug-likeness (QED) is 0.347. The van der Waals surface area contributed by atoms with Crippen LogP contribution in [0, 0.1) is 0 Å². The molecule has 0 unspecified atom stereocenters. The SMILES string of the molecule is NC1CNCNC1. The molecule has 3 nitrogen and oxygen atoms in total. The first-order valence-corrected chi connectivity index (χ1v) is 2.56. The Hall–Kier alpha value is -0.120. The van der Waals surface area contributed by atoms with Gasteiger partial charge in [-0.25, -0.2) is 0 Å². The highest BCUT2D eigenvalue weighted by Crippen LogP contribution is 1.75. The molecule has 1 fully saturated rings. The van der Waals surface area contributed by atoms with Crippen molar-refractivity contribution in [3.63, 3.8) is 0 Å². The second-order valence-electron chi connectivity index (χ2n) is 1.85. The lowest BCUT2D eigenvalue weighted by Gasteiger charge is -2.19. The van der Waals surface area contributed by atoms with E-state index < -0.39 is 0 Å². The van der Waals surface area contributed by atoms with Gasteiger partial charge in [0.15, 0.2) is 0 Å². The topological polar surface area (TPSA) is 50.1 Å². The lowest BCUT2D eigenvalue weighted by atomic mass is 10.3. The number of nitrogens with one attached hydrogen (secondary N) is 2. The normalized spacial score (nSPS) is 25.3. The first-order chi connectivity index (χ1) is 3.39. The Bertz CT molecular complexity index is 48.9. The Morgan fingerprint density at radius 1 is 1.29 bits per heavy atom. The molecule has 4 N–H and O–H groups in total. The van der Waals surface area contributed by atoms with Crippen LogP contribution in [-0.4, -0.2) is 25.8 Å². The molecule has 0 atom stereocenters. The molecule has 3 heteroatoms. The van der Waals surface area contributed by atoms with Crippen LogP contribution in [0.15, 0.2) is 0 Å². The van der Waals surface area contributed by atoms with E-state index >= 15 is 0 Å². The molecule has 0 saturated carbocycles. The van der Waals surface area contributed by atoms with Gasteiger partial charge < -0.3 is 16.4 Å². The summed E-state index contributed by atoms with van der Waals surface area (Å²) in [7, 11) is 0. The van der Waals surface area contributed by atoms with Gasteiger partial charge in [-0.05, 0) is 0 Å². The third-order valence-corrected chi connectivity index (χ3v) is 1.06. The fourth-order valence-corrected chi connectivity index (χ4v) is 0.676. The van der Waals surface area contributed by atoms with Crippen LogP contribution in [-0.2, 0) is 0 Å². The minimum Gasteiger partial charge on any atom is -0.326 e. The van der Waals surface area contributed by atoms with Crippen LogP contribution in [0.5, 0.6) is 0 Å². The number of hydrogen-bond acceptors (Lipinski definition) is 3. The van der Waals surface area contributed by atoms with E-state index in [0.29, 0.717) is 6.04 Å². The van der Waals surface area contributed by atoms with Gasteiger partial charge in [0, 0.05) is 25.8 Å². The van der Waals surface area contributed by atoms with Crippen molar-refractivity contribution in [1.29, 1.82) is 0 Å². The summed E-state index contributed by atoms with van der Waals surface area (Å²) in [4.78, 5) is 0. The molecule has 1 aliphatic rings. The van der Waals surface area contributed by atoms with Crippen LogP contribution in [0.1, 0.15) is 0 Å². The van der Waals surface area contributed by atoms with Gasteiger partial charge in [-0.2, -0.15) is 0 Å². The van der Waals surface area contributed by atoms with Gasteiger partial charge in [-0.3, -0.25) is 0 Å². The van der Waals surface area contributed by atoms with Crippen molar-refractivity contribution < 1.29 is 0 Å². The third kappa shape index (κ3) is 1.43. The first kappa shape index (κ1) is 5.03. The predicted octanol–water partition coefficient (Wildman–Crippen LogP) is -1.54. The van der Waals surface area contributed by atoms with Crippen molar-refractivity contribution in [2.45, 2.75) is 6.04 Å². The van der Waals surface area contributed by atoms with Crippen molar-refractivity contribution in [2.24, 2.45) is 5.73 Å². The summed E-state index contributed by atoms with van der Waals surface area (Å²) in [6, 6.07) is 0.314. The zero-order valence-electron chi connectivity index (χ0n) is 4.28. The van der Waals surface area contributed by atoms with Crippen LogP contribution in [0.3, 0.4) is 0 Å². The molecule has 0 spiro atoms. The lowest BCUT2D eigenvalue weighted by Crippen LogP contribution is -2.51. The number of hydrogen-bond donors (Lipinski definition) is 3. The van der Waals surface area contributed by atoms with Crippen LogP contribution < -0.4 is 16.4 Å². The molecule has 0 bridgehead atoms. The smallest absolute Gasteiger partial charge is 0.0455 e. The monoisotopic (exact) mass is 101 g/mol. The predicted molar refractivity (Wildman–Crippen MR) is 28.8 cm³/mol. The molecule has 7 heavy (non-hydrogen) atoms. The molecular formula is C4H11N3. The van der Waals surface area contributed by atoms with Crippen molar-refractivity contribution in [1.82, 2.24) is 10.6 Å². The van der Waals surface area contributed by atoms with Crippen molar-refractivity contribution >= 4 is 0 Å². The summed E-state index contributed by atoms with van der Waals surface area (Å²) >= 11 is 0. The second kappa shape index (κ2) is 2.26. The number of rotatable bonds is 0. The Morgan fingerprint density at radius 3 is 2.14 bits per heavy atom. The Balaban J connectivity index is 2.12. The van der Waals surface area contributed by atoms with Crippen LogP contribution in [0.4, 0.5) is 0 Å². The molecule has 0 amide bonds. The van der Waals surface area contributed by atoms with Gasteiger partial charge in [-0.1, -0.05) is 0 Å². The van der Waals surface area contributed by atoms with Crippen molar-refractivity contribution in [2.75, 3.05) is 19.8 Å². The van der Waals surface area contributed by atoms with E-state index in [0.717, 1.165) is 19.8 Å². The summed E-state index contributed by atoms with van der Waals surface area (Å²) in [5.74, 6) is 0. The average Bonchev–Trinajstić information content (AvgIpc) is 1.69. The fourth-order valence-electron chi connectivity index (χ4n) is 0.676. The molecular weight excluding hydrogens is 90.1 g/mol. The maximum atomic E-state index is 5.51. The van der Waals surface area contributed by atoms with Gasteiger partial charge in [-0.15, -0.1) is 0 Å². The number of nitrogens with two attached hydrogens (primary N) is 1. The van der Waals surface area contributed by atoms with Crippen LogP contribution in [0.2, 0.25) is 0 Å². The molecule has 0 radical (unpaired) electrons. The van der Waals surface area contributed by atoms with E-state index in [4.69, 9.17) is 5.73 Å². The van der Waals surface area contributed by atoms with Gasteiger partial charge in [0.05, 0.1) is 0 Å². The van der Waals surface area contributed by atoms with E-state index in [2.05, 4.69) is 10.6 Å². The minimum absolute atomic E-state index is 0.314. The van der Waals surface area contributed by atoms with E-state index in [1.54, 1.807) is 0 Å². The van der Waals surface area contributed by atoms with E-state index in [1.165, 1.54) is 0 Å². The third-order valence-electron chi connectivity index (χ3n) is 1.06. The summed E-state index contributed by atoms with van der Waals surface area (Å²) < 4.78 is 0. The zero-order chi connectivity index (χ0) is 5.11. The minimum atomic E-state index is 0.314. The van der Waals surface area contributed by atoms with Gasteiger partial charge in [0.25, 0.3) is 0 Å². The van der Waals surface area contributed by atoms with Crippen LogP contribution >= 0.6 is 0 Å². The highest BCUT2D eigenvalue weighted by atomic mass is 15.1. The van der Waals surface area contributed by atoms with E-state index in [-0.39, 0.29) is 0 Å². The molecule has 0 aromatic carbocycles. The Kier molecular flexibility index (Phi) is 1.62. The molecule has 1 saturated heterocycles. The van der Waals surface area contributed by atoms with Crippen LogP contribution in [0.25, 0.3) is 0 Å². The van der Waals surface area contributed by atoms with Gasteiger partial charge >= 0.3 is 0 Å². The highest BCUT2D eigenvalue weighted by molar-refractivity contribution is 4.70. The zero-order valence-corrected chi connectivity index (χ0v) is 4.28. The lowest BCUT2D eigenvalue weighted by molar-refractivity contribution is 0.445. The van der Waals surface area contributed by atoms with Gasteiger partial charge in [0.2, 0.25) is 0 Å². The largest absolute Gasteiger partial charge is 0.326 e. The van der Waals surface area contributed by atoms with E-state index in [1.807, 2.05) is 0 Å². The standard InChI is InChI=1S/C4H11N3/c5-4-1-6-3-7-2-4/h4,6-7H,1-3,5H2. The summed E-state index contributed by atoms with van der Waals surface area (Å²) in [5.41, 5.74) is 5.51. The maximum absolute atomic E-state index is 5.51. The molecule has 42 valence electrons. The van der Waals surface area contributed by atoms with Gasteiger partial charge in [0.1, 0.15) is 0 Å². The molecule has 1 heterocycles. The maximum Gasteiger partial charge on any atom is 0.0455 e. The van der Waals surface area contributed by atoms with Crippen molar-refractivity contribution in [3.05, 3.63) is 0 Å². The molecule has 0 aromatic heterocycles.